The first-order chi connectivity index (χ1) is 16.5. The van der Waals surface area contributed by atoms with Crippen molar-refractivity contribution in [1.82, 2.24) is 9.97 Å². The molecule has 0 aliphatic carbocycles. The summed E-state index contributed by atoms with van der Waals surface area (Å²) in [4.78, 5) is 11.0. The minimum absolute atomic E-state index is 0.138. The zero-order valence-electron chi connectivity index (χ0n) is 18.7. The third kappa shape index (κ3) is 5.30. The van der Waals surface area contributed by atoms with Gasteiger partial charge in [0.15, 0.2) is 0 Å². The Kier molecular flexibility index (Phi) is 7.30. The van der Waals surface area contributed by atoms with Gasteiger partial charge in [-0.1, -0.05) is 24.3 Å². The fraction of sp³-hybridized carbons (Fsp3) is 0.320. The number of halogens is 2. The van der Waals surface area contributed by atoms with Gasteiger partial charge in [0.2, 0.25) is 12.3 Å². The van der Waals surface area contributed by atoms with E-state index in [2.05, 4.69) is 20.9 Å². The first kappa shape index (κ1) is 23.5. The molecule has 1 aliphatic rings. The molecule has 4 rings (SSSR count). The Hall–Kier alpha value is -3.61. The minimum atomic E-state index is -2.54. The highest BCUT2D eigenvalue weighted by molar-refractivity contribution is 5.72. The Morgan fingerprint density at radius 3 is 2.50 bits per heavy atom. The third-order valence-corrected chi connectivity index (χ3v) is 5.67. The van der Waals surface area contributed by atoms with Crippen LogP contribution < -0.4 is 15.4 Å². The fourth-order valence-corrected chi connectivity index (χ4v) is 3.85. The van der Waals surface area contributed by atoms with Crippen molar-refractivity contribution in [3.05, 3.63) is 65.5 Å². The summed E-state index contributed by atoms with van der Waals surface area (Å²) in [5.41, 5.74) is 7.88. The number of nitrogens with zero attached hydrogens (tertiary/aromatic N) is 4. The molecule has 176 valence electrons. The Bertz CT molecular complexity index is 1170. The van der Waals surface area contributed by atoms with E-state index in [1.54, 1.807) is 55.5 Å². The summed E-state index contributed by atoms with van der Waals surface area (Å²) < 4.78 is 38.1. The number of alkyl halides is 2. The standard InChI is InChI=1S/C25H25F2N5O2/c1-16-30-23(32-8-10-33-11-9-32)13-24(31-16)34-22-12-17(14-28)2-7-20(22)18-3-5-19(6-4-18)21(15-29)25(26)27/h2-7,12-13,21,25H,8-11,15,29H2,1H3. The number of hydrogen-bond acceptors (Lipinski definition) is 7. The van der Waals surface area contributed by atoms with Gasteiger partial charge in [0.1, 0.15) is 17.4 Å². The van der Waals surface area contributed by atoms with Crippen molar-refractivity contribution < 1.29 is 18.3 Å². The molecule has 0 bridgehead atoms. The predicted molar refractivity (Wildman–Crippen MR) is 124 cm³/mol. The normalized spacial score (nSPS) is 14.6. The quantitative estimate of drug-likeness (QED) is 0.557. The van der Waals surface area contributed by atoms with Crippen molar-refractivity contribution in [2.75, 3.05) is 37.7 Å². The number of rotatable bonds is 7. The fourth-order valence-electron chi connectivity index (χ4n) is 3.85. The van der Waals surface area contributed by atoms with E-state index in [1.165, 1.54) is 0 Å². The van der Waals surface area contributed by atoms with Crippen LogP contribution in [0.1, 0.15) is 22.9 Å². The van der Waals surface area contributed by atoms with Gasteiger partial charge in [-0.25, -0.2) is 13.8 Å². The number of aromatic nitrogens is 2. The summed E-state index contributed by atoms with van der Waals surface area (Å²) in [6, 6.07) is 15.8. The van der Waals surface area contributed by atoms with Crippen molar-refractivity contribution in [2.45, 2.75) is 19.3 Å². The maximum Gasteiger partial charge on any atom is 0.246 e. The average Bonchev–Trinajstić information content (AvgIpc) is 2.85. The second kappa shape index (κ2) is 10.5. The molecule has 1 atom stereocenters. The van der Waals surface area contributed by atoms with E-state index in [-0.39, 0.29) is 6.54 Å². The first-order valence-corrected chi connectivity index (χ1v) is 11.0. The van der Waals surface area contributed by atoms with Crippen LogP contribution in [0.5, 0.6) is 11.6 Å². The third-order valence-electron chi connectivity index (χ3n) is 5.67. The molecule has 1 saturated heterocycles. The van der Waals surface area contributed by atoms with Gasteiger partial charge in [0.25, 0.3) is 0 Å². The van der Waals surface area contributed by atoms with Gasteiger partial charge in [-0.15, -0.1) is 0 Å². The summed E-state index contributed by atoms with van der Waals surface area (Å²) in [5.74, 6) is 1.06. The van der Waals surface area contributed by atoms with Crippen molar-refractivity contribution >= 4 is 5.82 Å². The molecule has 1 aliphatic heterocycles. The number of hydrogen-bond donors (Lipinski definition) is 1. The predicted octanol–water partition coefficient (Wildman–Crippen LogP) is 4.26. The topological polar surface area (TPSA) is 97.3 Å². The van der Waals surface area contributed by atoms with Crippen LogP contribution in [0.15, 0.2) is 48.5 Å². The summed E-state index contributed by atoms with van der Waals surface area (Å²) in [5, 5.41) is 9.39. The maximum atomic E-state index is 13.2. The summed E-state index contributed by atoms with van der Waals surface area (Å²) >= 11 is 0. The lowest BCUT2D eigenvalue weighted by atomic mass is 9.96. The molecule has 1 aromatic heterocycles. The number of anilines is 1. The van der Waals surface area contributed by atoms with Gasteiger partial charge in [-0.3, -0.25) is 0 Å². The molecule has 9 heteroatoms. The second-order valence-electron chi connectivity index (χ2n) is 7.93. The van der Waals surface area contributed by atoms with E-state index < -0.39 is 12.3 Å². The van der Waals surface area contributed by atoms with Gasteiger partial charge in [-0.2, -0.15) is 10.2 Å². The lowest BCUT2D eigenvalue weighted by Gasteiger charge is -2.28. The molecule has 0 amide bonds. The second-order valence-corrected chi connectivity index (χ2v) is 7.93. The van der Waals surface area contributed by atoms with Crippen molar-refractivity contribution in [3.8, 4) is 28.8 Å². The Morgan fingerprint density at radius 1 is 1.12 bits per heavy atom. The van der Waals surface area contributed by atoms with Crippen LogP contribution in [0.2, 0.25) is 0 Å². The van der Waals surface area contributed by atoms with Crippen molar-refractivity contribution in [1.29, 1.82) is 5.26 Å². The van der Waals surface area contributed by atoms with Gasteiger partial charge >= 0.3 is 0 Å². The molecule has 3 aromatic rings. The number of nitrogens with two attached hydrogens (primary N) is 1. The number of ether oxygens (including phenoxy) is 2. The molecule has 0 radical (unpaired) electrons. The Balaban J connectivity index is 1.67. The summed E-state index contributed by atoms with van der Waals surface area (Å²) in [7, 11) is 0. The first-order valence-electron chi connectivity index (χ1n) is 11.0. The Morgan fingerprint density at radius 2 is 1.85 bits per heavy atom. The SMILES string of the molecule is Cc1nc(Oc2cc(C#N)ccc2-c2ccc(C(CN)C(F)F)cc2)cc(N2CCOCC2)n1. The van der Waals surface area contributed by atoms with Crippen LogP contribution in [0.4, 0.5) is 14.6 Å². The van der Waals surface area contributed by atoms with Crippen LogP contribution in [0, 0.1) is 18.3 Å². The smallest absolute Gasteiger partial charge is 0.246 e. The molecule has 34 heavy (non-hydrogen) atoms. The number of aryl methyl sites for hydroxylation is 1. The lowest BCUT2D eigenvalue weighted by Crippen LogP contribution is -2.36. The highest BCUT2D eigenvalue weighted by Gasteiger charge is 2.21. The van der Waals surface area contributed by atoms with Crippen LogP contribution in [0.25, 0.3) is 11.1 Å². The molecule has 0 saturated carbocycles. The molecule has 1 fully saturated rings. The molecule has 0 spiro atoms. The molecular formula is C25H25F2N5O2. The maximum absolute atomic E-state index is 13.2. The Labute approximate surface area is 196 Å². The molecule has 7 nitrogen and oxygen atoms in total. The molecular weight excluding hydrogens is 440 g/mol. The van der Waals surface area contributed by atoms with Crippen molar-refractivity contribution in [2.24, 2.45) is 5.73 Å². The monoisotopic (exact) mass is 465 g/mol. The van der Waals surface area contributed by atoms with Crippen LogP contribution >= 0.6 is 0 Å². The molecule has 2 heterocycles. The van der Waals surface area contributed by atoms with E-state index in [0.717, 1.165) is 24.5 Å². The largest absolute Gasteiger partial charge is 0.438 e. The lowest BCUT2D eigenvalue weighted by molar-refractivity contribution is 0.117. The molecule has 1 unspecified atom stereocenters. The van der Waals surface area contributed by atoms with Gasteiger partial charge in [0, 0.05) is 31.3 Å². The molecule has 2 aromatic carbocycles. The van der Waals surface area contributed by atoms with E-state index in [4.69, 9.17) is 15.2 Å². The van der Waals surface area contributed by atoms with E-state index in [9.17, 15) is 14.0 Å². The average molecular weight is 466 g/mol. The van der Waals surface area contributed by atoms with E-state index in [0.29, 0.717) is 47.4 Å². The van der Waals surface area contributed by atoms with Gasteiger partial charge < -0.3 is 20.1 Å². The van der Waals surface area contributed by atoms with Crippen molar-refractivity contribution in [3.63, 3.8) is 0 Å². The highest BCUT2D eigenvalue weighted by atomic mass is 19.3. The molecule has 2 N–H and O–H groups in total. The summed E-state index contributed by atoms with van der Waals surface area (Å²) in [6.45, 7) is 4.35. The highest BCUT2D eigenvalue weighted by Crippen LogP contribution is 2.35. The van der Waals surface area contributed by atoms with E-state index in [1.807, 2.05) is 0 Å². The minimum Gasteiger partial charge on any atom is -0.438 e. The zero-order valence-corrected chi connectivity index (χ0v) is 18.7. The van der Waals surface area contributed by atoms with E-state index >= 15 is 0 Å². The number of nitriles is 1. The number of morpholine rings is 1. The van der Waals surface area contributed by atoms with Crippen LogP contribution in [-0.2, 0) is 4.74 Å². The zero-order chi connectivity index (χ0) is 24.1. The van der Waals surface area contributed by atoms with Crippen LogP contribution in [0.3, 0.4) is 0 Å². The van der Waals surface area contributed by atoms with Crippen LogP contribution in [-0.4, -0.2) is 49.2 Å². The summed E-state index contributed by atoms with van der Waals surface area (Å²) in [6.07, 6.45) is -2.54. The van der Waals surface area contributed by atoms with Gasteiger partial charge in [-0.05, 0) is 36.2 Å². The number of benzene rings is 2. The van der Waals surface area contributed by atoms with Gasteiger partial charge in [0.05, 0.1) is 30.8 Å².